The molecule has 24 heavy (non-hydrogen) atoms. The minimum Gasteiger partial charge on any atom is -0.489 e. The van der Waals surface area contributed by atoms with Gasteiger partial charge in [-0.15, -0.1) is 0 Å². The second kappa shape index (κ2) is 7.79. The molecule has 0 amide bonds. The van der Waals surface area contributed by atoms with Gasteiger partial charge in [-0.1, -0.05) is 47.1 Å². The highest BCUT2D eigenvalue weighted by Crippen LogP contribution is 2.15. The Hall–Kier alpha value is -2.59. The molecule has 0 saturated carbocycles. The summed E-state index contributed by atoms with van der Waals surface area (Å²) in [5.74, 6) is 0.884. The predicted molar refractivity (Wildman–Crippen MR) is 93.7 cm³/mol. The number of nitrogens with one attached hydrogen (secondary N) is 1. The molecule has 0 saturated heterocycles. The molecule has 3 rings (SSSR count). The van der Waals surface area contributed by atoms with Gasteiger partial charge >= 0.3 is 0 Å². The first kappa shape index (κ1) is 16.3. The molecule has 124 valence electrons. The van der Waals surface area contributed by atoms with E-state index in [2.05, 4.69) is 53.8 Å². The molecule has 2 aromatic carbocycles. The molecule has 1 aromatic heterocycles. The molecule has 0 fully saturated rings. The van der Waals surface area contributed by atoms with Gasteiger partial charge in [0.15, 0.2) is 0 Å². The van der Waals surface area contributed by atoms with Gasteiger partial charge in [0.05, 0.1) is 5.69 Å². The van der Waals surface area contributed by atoms with Gasteiger partial charge in [-0.3, -0.25) is 0 Å². The number of hydrogen-bond donors (Lipinski definition) is 1. The summed E-state index contributed by atoms with van der Waals surface area (Å²) in [6.45, 7) is 6.17. The third-order valence-corrected chi connectivity index (χ3v) is 3.91. The van der Waals surface area contributed by atoms with E-state index in [-0.39, 0.29) is 0 Å². The summed E-state index contributed by atoms with van der Waals surface area (Å²) in [5.41, 5.74) is 5.67. The van der Waals surface area contributed by atoms with Crippen LogP contribution in [0.2, 0.25) is 0 Å². The van der Waals surface area contributed by atoms with Crippen LogP contribution in [0.5, 0.6) is 5.75 Å². The molecule has 0 spiro atoms. The van der Waals surface area contributed by atoms with Crippen LogP contribution in [-0.4, -0.2) is 5.16 Å². The molecular weight excluding hydrogens is 300 g/mol. The quantitative estimate of drug-likeness (QED) is 0.709. The topological polar surface area (TPSA) is 47.3 Å². The molecule has 0 unspecified atom stereocenters. The second-order valence-corrected chi connectivity index (χ2v) is 5.95. The average molecular weight is 322 g/mol. The van der Waals surface area contributed by atoms with Crippen molar-refractivity contribution in [2.24, 2.45) is 0 Å². The zero-order valence-electron chi connectivity index (χ0n) is 14.1. The number of nitrogens with zero attached hydrogens (tertiary/aromatic N) is 1. The van der Waals surface area contributed by atoms with E-state index in [0.29, 0.717) is 6.61 Å². The van der Waals surface area contributed by atoms with E-state index in [9.17, 15) is 0 Å². The van der Waals surface area contributed by atoms with Gasteiger partial charge in [0.2, 0.25) is 0 Å². The van der Waals surface area contributed by atoms with Crippen LogP contribution in [0, 0.1) is 13.8 Å². The fourth-order valence-corrected chi connectivity index (χ4v) is 2.50. The lowest BCUT2D eigenvalue weighted by Gasteiger charge is -2.08. The van der Waals surface area contributed by atoms with Gasteiger partial charge in [0.1, 0.15) is 18.6 Å². The lowest BCUT2D eigenvalue weighted by molar-refractivity contribution is 0.306. The van der Waals surface area contributed by atoms with E-state index in [4.69, 9.17) is 9.26 Å². The molecule has 0 aliphatic heterocycles. The molecule has 0 aliphatic rings. The molecule has 1 N–H and O–H groups in total. The lowest BCUT2D eigenvalue weighted by Crippen LogP contribution is -2.12. The number of benzene rings is 2. The molecule has 0 atom stereocenters. The number of aryl methyl sites for hydroxylation is 2. The van der Waals surface area contributed by atoms with Crippen LogP contribution in [0.25, 0.3) is 0 Å². The van der Waals surface area contributed by atoms with Crippen molar-refractivity contribution in [2.45, 2.75) is 33.5 Å². The SMILES string of the molecule is Cc1cccc(COc2ccc(CNCc3conc3C)cc2)c1. The van der Waals surface area contributed by atoms with Crippen molar-refractivity contribution >= 4 is 0 Å². The van der Waals surface area contributed by atoms with Gasteiger partial charge in [-0.05, 0) is 37.1 Å². The average Bonchev–Trinajstić information content (AvgIpc) is 2.99. The largest absolute Gasteiger partial charge is 0.489 e. The Balaban J connectivity index is 1.47. The van der Waals surface area contributed by atoms with Gasteiger partial charge in [0.25, 0.3) is 0 Å². The van der Waals surface area contributed by atoms with Gasteiger partial charge in [0, 0.05) is 18.7 Å². The van der Waals surface area contributed by atoms with Crippen molar-refractivity contribution in [1.82, 2.24) is 10.5 Å². The first-order valence-electron chi connectivity index (χ1n) is 8.08. The molecule has 4 nitrogen and oxygen atoms in total. The summed E-state index contributed by atoms with van der Waals surface area (Å²) in [6, 6.07) is 16.6. The molecule has 0 aliphatic carbocycles. The van der Waals surface area contributed by atoms with E-state index in [1.165, 1.54) is 16.7 Å². The number of hydrogen-bond acceptors (Lipinski definition) is 4. The molecule has 0 radical (unpaired) electrons. The molecule has 3 aromatic rings. The van der Waals surface area contributed by atoms with E-state index < -0.39 is 0 Å². The van der Waals surface area contributed by atoms with E-state index in [1.54, 1.807) is 6.26 Å². The van der Waals surface area contributed by atoms with Crippen molar-refractivity contribution < 1.29 is 9.26 Å². The highest BCUT2D eigenvalue weighted by Gasteiger charge is 2.02. The third kappa shape index (κ3) is 4.46. The van der Waals surface area contributed by atoms with Crippen molar-refractivity contribution in [1.29, 1.82) is 0 Å². The van der Waals surface area contributed by atoms with Crippen LogP contribution in [0.1, 0.15) is 27.9 Å². The smallest absolute Gasteiger partial charge is 0.128 e. The Morgan fingerprint density at radius 3 is 2.54 bits per heavy atom. The monoisotopic (exact) mass is 322 g/mol. The minimum absolute atomic E-state index is 0.589. The summed E-state index contributed by atoms with van der Waals surface area (Å²) in [5, 5.41) is 7.26. The van der Waals surface area contributed by atoms with Gasteiger partial charge < -0.3 is 14.6 Å². The molecule has 0 bridgehead atoms. The van der Waals surface area contributed by atoms with Crippen LogP contribution in [-0.2, 0) is 19.7 Å². The maximum atomic E-state index is 5.84. The van der Waals surface area contributed by atoms with Crippen LogP contribution < -0.4 is 10.1 Å². The Morgan fingerprint density at radius 1 is 1.00 bits per heavy atom. The second-order valence-electron chi connectivity index (χ2n) is 5.95. The summed E-state index contributed by atoms with van der Waals surface area (Å²) in [7, 11) is 0. The van der Waals surface area contributed by atoms with E-state index in [0.717, 1.165) is 30.1 Å². The van der Waals surface area contributed by atoms with Crippen LogP contribution >= 0.6 is 0 Å². The van der Waals surface area contributed by atoms with Crippen LogP contribution in [0.3, 0.4) is 0 Å². The summed E-state index contributed by atoms with van der Waals surface area (Å²) >= 11 is 0. The van der Waals surface area contributed by atoms with Crippen molar-refractivity contribution in [3.8, 4) is 5.75 Å². The number of aromatic nitrogens is 1. The summed E-state index contributed by atoms with van der Waals surface area (Å²) in [4.78, 5) is 0. The third-order valence-electron chi connectivity index (χ3n) is 3.91. The van der Waals surface area contributed by atoms with E-state index in [1.807, 2.05) is 19.1 Å². The van der Waals surface area contributed by atoms with E-state index >= 15 is 0 Å². The zero-order chi connectivity index (χ0) is 16.8. The molecule has 1 heterocycles. The highest BCUT2D eigenvalue weighted by molar-refractivity contribution is 5.28. The standard InChI is InChI=1S/C20H22N2O2/c1-15-4-3-5-18(10-15)13-23-20-8-6-17(7-9-20)11-21-12-19-14-24-22-16(19)2/h3-10,14,21H,11-13H2,1-2H3. The normalized spacial score (nSPS) is 10.8. The highest BCUT2D eigenvalue weighted by atomic mass is 16.5. The summed E-state index contributed by atoms with van der Waals surface area (Å²) in [6.07, 6.45) is 1.69. The lowest BCUT2D eigenvalue weighted by atomic mass is 10.1. The predicted octanol–water partition coefficient (Wildman–Crippen LogP) is 4.16. The Kier molecular flexibility index (Phi) is 5.29. The number of rotatable bonds is 7. The van der Waals surface area contributed by atoms with Crippen molar-refractivity contribution in [3.05, 3.63) is 82.7 Å². The first-order chi connectivity index (χ1) is 11.7. The zero-order valence-corrected chi connectivity index (χ0v) is 14.1. The maximum absolute atomic E-state index is 5.84. The maximum Gasteiger partial charge on any atom is 0.128 e. The Labute approximate surface area is 142 Å². The fraction of sp³-hybridized carbons (Fsp3) is 0.250. The van der Waals surface area contributed by atoms with Crippen molar-refractivity contribution in [2.75, 3.05) is 0 Å². The summed E-state index contributed by atoms with van der Waals surface area (Å²) < 4.78 is 10.8. The minimum atomic E-state index is 0.589. The van der Waals surface area contributed by atoms with Crippen molar-refractivity contribution in [3.63, 3.8) is 0 Å². The number of ether oxygens (including phenoxy) is 1. The first-order valence-corrected chi connectivity index (χ1v) is 8.08. The molecule has 4 heteroatoms. The van der Waals surface area contributed by atoms with Crippen LogP contribution in [0.4, 0.5) is 0 Å². The molecular formula is C20H22N2O2. The van der Waals surface area contributed by atoms with Crippen LogP contribution in [0.15, 0.2) is 59.3 Å². The van der Waals surface area contributed by atoms with Gasteiger partial charge in [-0.25, -0.2) is 0 Å². The Bertz CT molecular complexity index is 778. The fourth-order valence-electron chi connectivity index (χ4n) is 2.50. The Morgan fingerprint density at radius 2 is 1.83 bits per heavy atom. The van der Waals surface area contributed by atoms with Gasteiger partial charge in [-0.2, -0.15) is 0 Å².